The first-order valence-electron chi connectivity index (χ1n) is 5.75. The number of amides is 1. The lowest BCUT2D eigenvalue weighted by molar-refractivity contribution is 0.0702. The quantitative estimate of drug-likeness (QED) is 0.784. The molecule has 0 atom stereocenters. The number of aryl methyl sites for hydroxylation is 1. The van der Waals surface area contributed by atoms with Gasteiger partial charge >= 0.3 is 5.97 Å². The maximum atomic E-state index is 11.7. The molecule has 0 spiro atoms. The number of carbonyl (C=O) groups excluding carboxylic acids is 1. The molecule has 2 N–H and O–H groups in total. The minimum atomic E-state index is -1.01. The summed E-state index contributed by atoms with van der Waals surface area (Å²) >= 11 is 0.976. The molecule has 0 unspecified atom stereocenters. The number of nitrogens with one attached hydrogen (secondary N) is 1. The van der Waals surface area contributed by atoms with Crippen molar-refractivity contribution in [3.63, 3.8) is 0 Å². The fourth-order valence-corrected chi connectivity index (χ4v) is 2.30. The average Bonchev–Trinajstić information content (AvgIpc) is 3.05. The van der Waals surface area contributed by atoms with Gasteiger partial charge in [-0.1, -0.05) is 0 Å². The number of hydrogen-bond acceptors (Lipinski definition) is 4. The Morgan fingerprint density at radius 1 is 1.37 bits per heavy atom. The van der Waals surface area contributed by atoms with Gasteiger partial charge < -0.3 is 10.4 Å². The zero-order valence-corrected chi connectivity index (χ0v) is 10.9. The number of aromatic carboxylic acids is 1. The molecule has 1 amide bonds. The molecular weight excluding hydrogens is 266 g/mol. The van der Waals surface area contributed by atoms with Crippen molar-refractivity contribution in [3.8, 4) is 0 Å². The van der Waals surface area contributed by atoms with E-state index in [-0.39, 0.29) is 10.8 Å². The number of aromatic nitrogens is 2. The van der Waals surface area contributed by atoms with E-state index < -0.39 is 5.97 Å². The van der Waals surface area contributed by atoms with Gasteiger partial charge in [0.25, 0.3) is 5.91 Å². The fourth-order valence-electron chi connectivity index (χ4n) is 1.54. The van der Waals surface area contributed by atoms with E-state index in [9.17, 15) is 9.59 Å². The highest BCUT2D eigenvalue weighted by Gasteiger charge is 2.12. The van der Waals surface area contributed by atoms with Crippen LogP contribution in [0.25, 0.3) is 0 Å². The van der Waals surface area contributed by atoms with Crippen LogP contribution in [-0.2, 0) is 6.54 Å². The summed E-state index contributed by atoms with van der Waals surface area (Å²) in [6.45, 7) is 1.26. The van der Waals surface area contributed by atoms with Gasteiger partial charge in [0.15, 0.2) is 0 Å². The smallest absolute Gasteiger partial charge is 0.345 e. The van der Waals surface area contributed by atoms with E-state index in [2.05, 4.69) is 10.4 Å². The Morgan fingerprint density at radius 2 is 2.16 bits per heavy atom. The van der Waals surface area contributed by atoms with Crippen molar-refractivity contribution in [1.29, 1.82) is 0 Å². The van der Waals surface area contributed by atoms with Crippen molar-refractivity contribution < 1.29 is 14.7 Å². The van der Waals surface area contributed by atoms with Crippen LogP contribution in [0.15, 0.2) is 30.6 Å². The highest BCUT2D eigenvalue weighted by atomic mass is 32.1. The summed E-state index contributed by atoms with van der Waals surface area (Å²) in [6, 6.07) is 4.81. The maximum absolute atomic E-state index is 11.7. The number of nitrogens with zero attached hydrogens (tertiary/aromatic N) is 2. The Labute approximate surface area is 113 Å². The summed E-state index contributed by atoms with van der Waals surface area (Å²) in [4.78, 5) is 23.0. The lowest BCUT2D eigenvalue weighted by atomic mass is 10.4. The molecule has 0 bridgehead atoms. The summed E-state index contributed by atoms with van der Waals surface area (Å²) in [5.74, 6) is -1.25. The monoisotopic (exact) mass is 279 g/mol. The van der Waals surface area contributed by atoms with Gasteiger partial charge in [0.2, 0.25) is 0 Å². The summed E-state index contributed by atoms with van der Waals surface area (Å²) in [6.07, 6.45) is 4.34. The molecule has 0 aliphatic heterocycles. The highest BCUT2D eigenvalue weighted by Crippen LogP contribution is 2.16. The third-order valence-electron chi connectivity index (χ3n) is 2.45. The zero-order valence-electron chi connectivity index (χ0n) is 10.1. The largest absolute Gasteiger partial charge is 0.477 e. The third-order valence-corrected chi connectivity index (χ3v) is 3.52. The molecule has 6 nitrogen and oxygen atoms in total. The van der Waals surface area contributed by atoms with Gasteiger partial charge in [0.05, 0.1) is 4.88 Å². The second kappa shape index (κ2) is 6.14. The van der Waals surface area contributed by atoms with Crippen LogP contribution in [0, 0.1) is 0 Å². The molecule has 2 aromatic rings. The van der Waals surface area contributed by atoms with E-state index in [4.69, 9.17) is 5.11 Å². The van der Waals surface area contributed by atoms with Gasteiger partial charge in [-0.05, 0) is 24.6 Å². The zero-order chi connectivity index (χ0) is 13.7. The predicted octanol–water partition coefficient (Wildman–Crippen LogP) is 1.46. The molecule has 2 rings (SSSR count). The van der Waals surface area contributed by atoms with Crippen LogP contribution >= 0.6 is 11.3 Å². The van der Waals surface area contributed by atoms with E-state index >= 15 is 0 Å². The molecule has 2 aromatic heterocycles. The molecule has 0 aromatic carbocycles. The van der Waals surface area contributed by atoms with Crippen molar-refractivity contribution in [2.24, 2.45) is 0 Å². The van der Waals surface area contributed by atoms with Crippen molar-refractivity contribution in [1.82, 2.24) is 15.1 Å². The van der Waals surface area contributed by atoms with Crippen LogP contribution < -0.4 is 5.32 Å². The minimum Gasteiger partial charge on any atom is -0.477 e. The lowest BCUT2D eigenvalue weighted by Gasteiger charge is -2.03. The predicted molar refractivity (Wildman–Crippen MR) is 70.5 cm³/mol. The highest BCUT2D eigenvalue weighted by molar-refractivity contribution is 7.15. The lowest BCUT2D eigenvalue weighted by Crippen LogP contribution is -2.24. The molecule has 19 heavy (non-hydrogen) atoms. The van der Waals surface area contributed by atoms with Gasteiger partial charge in [0.1, 0.15) is 4.88 Å². The molecule has 0 aliphatic carbocycles. The average molecular weight is 279 g/mol. The number of hydrogen-bond donors (Lipinski definition) is 2. The first-order chi connectivity index (χ1) is 9.16. The van der Waals surface area contributed by atoms with Crippen LogP contribution in [0.3, 0.4) is 0 Å². The van der Waals surface area contributed by atoms with Crippen LogP contribution in [0.5, 0.6) is 0 Å². The minimum absolute atomic E-state index is 0.168. The molecule has 0 saturated heterocycles. The Kier molecular flexibility index (Phi) is 4.30. The summed E-state index contributed by atoms with van der Waals surface area (Å²) in [5.41, 5.74) is 0. The second-order valence-electron chi connectivity index (χ2n) is 3.85. The molecule has 2 heterocycles. The van der Waals surface area contributed by atoms with Crippen LogP contribution in [-0.4, -0.2) is 33.3 Å². The first-order valence-corrected chi connectivity index (χ1v) is 6.57. The standard InChI is InChI=1S/C12H13N3O3S/c16-11(9-3-4-10(19-9)12(17)18)13-5-1-7-15-8-2-6-14-15/h2-4,6,8H,1,5,7H2,(H,13,16)(H,17,18). The van der Waals surface area contributed by atoms with E-state index in [1.54, 1.807) is 10.9 Å². The SMILES string of the molecule is O=C(O)c1ccc(C(=O)NCCCn2cccn2)s1. The topological polar surface area (TPSA) is 84.2 Å². The van der Waals surface area contributed by atoms with Crippen LogP contribution in [0.1, 0.15) is 25.8 Å². The summed E-state index contributed by atoms with van der Waals surface area (Å²) < 4.78 is 1.79. The normalized spacial score (nSPS) is 10.3. The summed E-state index contributed by atoms with van der Waals surface area (Å²) in [7, 11) is 0. The van der Waals surface area contributed by atoms with Gasteiger partial charge in [-0.2, -0.15) is 5.10 Å². The number of rotatable bonds is 6. The van der Waals surface area contributed by atoms with Crippen LogP contribution in [0.4, 0.5) is 0 Å². The Morgan fingerprint density at radius 3 is 2.79 bits per heavy atom. The first kappa shape index (κ1) is 13.3. The van der Waals surface area contributed by atoms with Gasteiger partial charge in [-0.15, -0.1) is 11.3 Å². The Hall–Kier alpha value is -2.15. The van der Waals surface area contributed by atoms with Gasteiger partial charge in [-0.25, -0.2) is 4.79 Å². The van der Waals surface area contributed by atoms with Crippen molar-refractivity contribution in [3.05, 3.63) is 40.3 Å². The molecule has 0 aliphatic rings. The van der Waals surface area contributed by atoms with Crippen molar-refractivity contribution >= 4 is 23.2 Å². The summed E-state index contributed by atoms with van der Waals surface area (Å²) in [5, 5.41) is 15.6. The molecule has 0 saturated carbocycles. The molecular formula is C12H13N3O3S. The van der Waals surface area contributed by atoms with E-state index in [1.165, 1.54) is 12.1 Å². The van der Waals surface area contributed by atoms with Gasteiger partial charge in [0, 0.05) is 25.5 Å². The van der Waals surface area contributed by atoms with Gasteiger partial charge in [-0.3, -0.25) is 9.48 Å². The molecule has 0 radical (unpaired) electrons. The van der Waals surface area contributed by atoms with Crippen LogP contribution in [0.2, 0.25) is 0 Å². The molecule has 0 fully saturated rings. The number of carboxylic acids is 1. The molecule has 100 valence electrons. The third kappa shape index (κ3) is 3.65. The fraction of sp³-hybridized carbons (Fsp3) is 0.250. The number of carbonyl (C=O) groups is 2. The van der Waals surface area contributed by atoms with E-state index in [0.717, 1.165) is 24.3 Å². The maximum Gasteiger partial charge on any atom is 0.345 e. The van der Waals surface area contributed by atoms with E-state index in [1.807, 2.05) is 12.3 Å². The van der Waals surface area contributed by atoms with E-state index in [0.29, 0.717) is 11.4 Å². The molecule has 7 heteroatoms. The second-order valence-corrected chi connectivity index (χ2v) is 4.93. The Balaban J connectivity index is 1.76. The van der Waals surface area contributed by atoms with Crippen molar-refractivity contribution in [2.75, 3.05) is 6.54 Å². The number of carboxylic acid groups (broad SMARTS) is 1. The van der Waals surface area contributed by atoms with Crippen molar-refractivity contribution in [2.45, 2.75) is 13.0 Å². The number of thiophene rings is 1. The Bertz CT molecular complexity index is 563.